The van der Waals surface area contributed by atoms with E-state index in [1.807, 2.05) is 0 Å². The Balaban J connectivity index is 1.84. The van der Waals surface area contributed by atoms with Crippen LogP contribution in [0.3, 0.4) is 0 Å². The van der Waals surface area contributed by atoms with Crippen molar-refractivity contribution in [2.45, 2.75) is 22.1 Å². The zero-order valence-corrected chi connectivity index (χ0v) is 16.8. The molecule has 0 unspecified atom stereocenters. The number of benzene rings is 3. The molecule has 0 aromatic heterocycles. The summed E-state index contributed by atoms with van der Waals surface area (Å²) < 4.78 is 8.89. The molecular formula is C22H23OZr. The molecular weight excluding hydrogens is 371 g/mol. The van der Waals surface area contributed by atoms with Crippen molar-refractivity contribution in [3.8, 4) is 5.75 Å². The van der Waals surface area contributed by atoms with E-state index in [-0.39, 0.29) is 0 Å². The summed E-state index contributed by atoms with van der Waals surface area (Å²) >= 11 is -2.13. The molecule has 0 bridgehead atoms. The van der Waals surface area contributed by atoms with E-state index < -0.39 is 22.2 Å². The zero-order valence-electron chi connectivity index (χ0n) is 14.3. The third-order valence-electron chi connectivity index (χ3n) is 4.14. The molecule has 0 amide bonds. The van der Waals surface area contributed by atoms with Crippen molar-refractivity contribution in [1.29, 1.82) is 0 Å². The van der Waals surface area contributed by atoms with E-state index in [4.69, 9.17) is 2.81 Å². The minimum absolute atomic E-state index is 1.10. The van der Waals surface area contributed by atoms with E-state index in [1.54, 1.807) is 0 Å². The van der Waals surface area contributed by atoms with Gasteiger partial charge < -0.3 is 0 Å². The van der Waals surface area contributed by atoms with Crippen molar-refractivity contribution < 1.29 is 25.0 Å². The molecule has 1 nitrogen and oxygen atoms in total. The molecule has 121 valence electrons. The molecule has 0 saturated carbocycles. The number of hydrogen-bond donors (Lipinski definition) is 0. The standard InChI is InChI=1S/C8H10O.2C7H7.Zr/c1-6-4-3-5-7(2)8(6)9;2*1-7-5-3-2-4-6-7;/h3-5,9H,1-2H3;2*2-6H,1H2;/q;;;+1/p-1. The van der Waals surface area contributed by atoms with E-state index in [0.29, 0.717) is 0 Å². The van der Waals surface area contributed by atoms with Gasteiger partial charge in [-0.1, -0.05) is 0 Å². The molecule has 0 aliphatic heterocycles. The molecule has 0 N–H and O–H groups in total. The van der Waals surface area contributed by atoms with Crippen LogP contribution in [0.2, 0.25) is 0 Å². The number of aryl methyl sites for hydroxylation is 2. The second kappa shape index (κ2) is 8.44. The Labute approximate surface area is 153 Å². The molecule has 3 aromatic rings. The second-order valence-electron chi connectivity index (χ2n) is 6.19. The zero-order chi connectivity index (χ0) is 16.8. The molecule has 0 atom stereocenters. The summed E-state index contributed by atoms with van der Waals surface area (Å²) in [5, 5.41) is 0. The Bertz CT molecular complexity index is 707. The summed E-state index contributed by atoms with van der Waals surface area (Å²) in [6, 6.07) is 27.9. The molecule has 0 saturated heterocycles. The van der Waals surface area contributed by atoms with Crippen molar-refractivity contribution in [3.05, 3.63) is 101 Å². The van der Waals surface area contributed by atoms with Crippen LogP contribution in [0.25, 0.3) is 0 Å². The van der Waals surface area contributed by atoms with E-state index in [1.165, 1.54) is 22.3 Å². The molecule has 24 heavy (non-hydrogen) atoms. The van der Waals surface area contributed by atoms with Gasteiger partial charge >= 0.3 is 154 Å². The van der Waals surface area contributed by atoms with Gasteiger partial charge in [0, 0.05) is 0 Å². The quantitative estimate of drug-likeness (QED) is 0.527. The van der Waals surface area contributed by atoms with Gasteiger partial charge in [-0.05, 0) is 0 Å². The molecule has 0 heterocycles. The molecule has 0 radical (unpaired) electrons. The maximum absolute atomic E-state index is 6.68. The predicted molar refractivity (Wildman–Crippen MR) is 96.8 cm³/mol. The fourth-order valence-corrected chi connectivity index (χ4v) is 8.45. The van der Waals surface area contributed by atoms with Crippen LogP contribution in [-0.4, -0.2) is 0 Å². The van der Waals surface area contributed by atoms with Gasteiger partial charge in [-0.15, -0.1) is 0 Å². The SMILES string of the molecule is Cc1cccc(C)c1[O][Zr]([CH2]c1ccccc1)[CH2]c1ccccc1. The monoisotopic (exact) mass is 393 g/mol. The van der Waals surface area contributed by atoms with E-state index in [2.05, 4.69) is 92.7 Å². The summed E-state index contributed by atoms with van der Waals surface area (Å²) in [6.07, 6.45) is 0. The normalized spacial score (nSPS) is 10.4. The van der Waals surface area contributed by atoms with Crippen molar-refractivity contribution in [2.24, 2.45) is 0 Å². The van der Waals surface area contributed by atoms with Crippen LogP contribution in [0.15, 0.2) is 78.9 Å². The molecule has 0 aliphatic carbocycles. The Kier molecular flexibility index (Phi) is 6.04. The molecule has 3 rings (SSSR count). The first kappa shape index (κ1) is 17.2. The van der Waals surface area contributed by atoms with Crippen LogP contribution in [0.1, 0.15) is 22.3 Å². The van der Waals surface area contributed by atoms with Gasteiger partial charge in [-0.2, -0.15) is 0 Å². The van der Waals surface area contributed by atoms with Crippen LogP contribution < -0.4 is 2.81 Å². The first-order chi connectivity index (χ1) is 11.7. The first-order valence-electron chi connectivity index (χ1n) is 8.39. The summed E-state index contributed by atoms with van der Waals surface area (Å²) in [4.78, 5) is 0. The Morgan fingerprint density at radius 2 is 1.08 bits per heavy atom. The molecule has 3 aromatic carbocycles. The van der Waals surface area contributed by atoms with Crippen LogP contribution >= 0.6 is 0 Å². The van der Waals surface area contributed by atoms with Crippen molar-refractivity contribution >= 4 is 0 Å². The molecule has 0 spiro atoms. The fourth-order valence-electron chi connectivity index (χ4n) is 2.89. The van der Waals surface area contributed by atoms with Crippen LogP contribution in [0.4, 0.5) is 0 Å². The summed E-state index contributed by atoms with van der Waals surface area (Å²) in [6.45, 7) is 4.29. The Morgan fingerprint density at radius 3 is 1.54 bits per heavy atom. The van der Waals surface area contributed by atoms with Gasteiger partial charge in [-0.25, -0.2) is 0 Å². The minimum atomic E-state index is -2.13. The fraction of sp³-hybridized carbons (Fsp3) is 0.182. The summed E-state index contributed by atoms with van der Waals surface area (Å²) in [5.41, 5.74) is 5.28. The third-order valence-corrected chi connectivity index (χ3v) is 9.30. The maximum atomic E-state index is 6.68. The van der Waals surface area contributed by atoms with Gasteiger partial charge in [0.15, 0.2) is 0 Å². The number of rotatable bonds is 6. The Hall–Kier alpha value is -1.66. The van der Waals surface area contributed by atoms with Gasteiger partial charge in [0.2, 0.25) is 0 Å². The van der Waals surface area contributed by atoms with Gasteiger partial charge in [0.05, 0.1) is 0 Å². The molecule has 0 fully saturated rings. The third kappa shape index (κ3) is 4.68. The van der Waals surface area contributed by atoms with Gasteiger partial charge in [-0.3, -0.25) is 0 Å². The van der Waals surface area contributed by atoms with Crippen molar-refractivity contribution in [1.82, 2.24) is 0 Å². The predicted octanol–water partition coefficient (Wildman–Crippen LogP) is 5.62. The average molecular weight is 395 g/mol. The van der Waals surface area contributed by atoms with Crippen molar-refractivity contribution in [2.75, 3.05) is 0 Å². The Morgan fingerprint density at radius 1 is 0.625 bits per heavy atom. The van der Waals surface area contributed by atoms with Crippen LogP contribution in [-0.2, 0) is 30.4 Å². The molecule has 2 heteroatoms. The average Bonchev–Trinajstić information content (AvgIpc) is 2.60. The first-order valence-corrected chi connectivity index (χ1v) is 12.9. The van der Waals surface area contributed by atoms with Crippen molar-refractivity contribution in [3.63, 3.8) is 0 Å². The van der Waals surface area contributed by atoms with Crippen LogP contribution in [0, 0.1) is 13.8 Å². The summed E-state index contributed by atoms with van der Waals surface area (Å²) in [5.74, 6) is 1.11. The molecule has 0 aliphatic rings. The second-order valence-corrected chi connectivity index (χ2v) is 11.1. The van der Waals surface area contributed by atoms with E-state index in [9.17, 15) is 0 Å². The van der Waals surface area contributed by atoms with Gasteiger partial charge in [0.25, 0.3) is 0 Å². The van der Waals surface area contributed by atoms with E-state index in [0.717, 1.165) is 14.0 Å². The van der Waals surface area contributed by atoms with Crippen LogP contribution in [0.5, 0.6) is 5.75 Å². The van der Waals surface area contributed by atoms with Gasteiger partial charge in [0.1, 0.15) is 0 Å². The number of hydrogen-bond acceptors (Lipinski definition) is 1. The number of para-hydroxylation sites is 1. The topological polar surface area (TPSA) is 9.23 Å². The summed E-state index contributed by atoms with van der Waals surface area (Å²) in [7, 11) is 0. The van der Waals surface area contributed by atoms with E-state index >= 15 is 0 Å².